The van der Waals surface area contributed by atoms with E-state index in [4.69, 9.17) is 0 Å². The van der Waals surface area contributed by atoms with Crippen molar-refractivity contribution in [3.63, 3.8) is 0 Å². The number of pyridine rings is 1. The van der Waals surface area contributed by atoms with Gasteiger partial charge in [-0.1, -0.05) is 17.8 Å². The first-order valence-corrected chi connectivity index (χ1v) is 8.13. The number of rotatable bonds is 8. The van der Waals surface area contributed by atoms with Gasteiger partial charge in [0, 0.05) is 12.7 Å². The van der Waals surface area contributed by atoms with Crippen LogP contribution in [0.5, 0.6) is 0 Å². The minimum atomic E-state index is -0.507. The van der Waals surface area contributed by atoms with Gasteiger partial charge < -0.3 is 9.69 Å². The van der Waals surface area contributed by atoms with Gasteiger partial charge in [-0.3, -0.25) is 0 Å². The molecule has 2 aromatic heterocycles. The molecule has 0 amide bonds. The summed E-state index contributed by atoms with van der Waals surface area (Å²) in [5, 5.41) is 12.4. The molecule has 0 saturated heterocycles. The molecule has 22 heavy (non-hydrogen) atoms. The van der Waals surface area contributed by atoms with Gasteiger partial charge in [-0.2, -0.15) is 12.6 Å². The fraction of sp³-hybridized carbons (Fsp3) is 0.462. The average molecular weight is 338 g/mol. The van der Waals surface area contributed by atoms with E-state index in [9.17, 15) is 4.79 Å². The average Bonchev–Trinajstić information content (AvgIpc) is 2.95. The lowest BCUT2D eigenvalue weighted by Gasteiger charge is -2.17. The Bertz CT molecular complexity index is 591. The zero-order valence-corrected chi connectivity index (χ0v) is 14.1. The molecule has 7 nitrogen and oxygen atoms in total. The summed E-state index contributed by atoms with van der Waals surface area (Å²) >= 11 is 5.94. The first-order chi connectivity index (χ1) is 10.6. The quantitative estimate of drug-likeness (QED) is 0.332. The zero-order valence-electron chi connectivity index (χ0n) is 12.4. The molecule has 0 fully saturated rings. The van der Waals surface area contributed by atoms with Gasteiger partial charge >= 0.3 is 0 Å². The molecule has 0 aliphatic rings. The molecule has 0 aromatic carbocycles. The van der Waals surface area contributed by atoms with E-state index in [1.54, 1.807) is 10.9 Å². The number of aromatic nitrogens is 5. The highest BCUT2D eigenvalue weighted by Gasteiger charge is 2.26. The lowest BCUT2D eigenvalue weighted by atomic mass is 10.2. The Kier molecular flexibility index (Phi) is 6.34. The van der Waals surface area contributed by atoms with Crippen molar-refractivity contribution < 1.29 is 4.79 Å². The van der Waals surface area contributed by atoms with Crippen LogP contribution in [0.15, 0.2) is 29.4 Å². The zero-order chi connectivity index (χ0) is 15.9. The summed E-state index contributed by atoms with van der Waals surface area (Å²) in [6.07, 6.45) is 2.55. The Balaban J connectivity index is 2.11. The van der Waals surface area contributed by atoms with Crippen molar-refractivity contribution in [3.8, 4) is 0 Å². The number of nitrogens with zero attached hydrogens (tertiary/aromatic N) is 6. The van der Waals surface area contributed by atoms with Crippen LogP contribution in [0.25, 0.3) is 0 Å². The van der Waals surface area contributed by atoms with Gasteiger partial charge in [0.1, 0.15) is 6.29 Å². The third kappa shape index (κ3) is 4.52. The number of tetrazole rings is 1. The Morgan fingerprint density at radius 1 is 1.45 bits per heavy atom. The van der Waals surface area contributed by atoms with Crippen LogP contribution in [0.2, 0.25) is 0 Å². The third-order valence-electron chi connectivity index (χ3n) is 2.95. The molecule has 0 saturated carbocycles. The SMILES string of the molecule is CN(C)CCn1nnnc1C(C=O)C(S)Sc1ccccn1. The second-order valence-electron chi connectivity index (χ2n) is 4.90. The van der Waals surface area contributed by atoms with E-state index in [-0.39, 0.29) is 4.58 Å². The minimum absolute atomic E-state index is 0.309. The van der Waals surface area contributed by atoms with Crippen LogP contribution in [0, 0.1) is 0 Å². The van der Waals surface area contributed by atoms with Crippen molar-refractivity contribution in [2.24, 2.45) is 0 Å². The molecule has 0 aliphatic heterocycles. The summed E-state index contributed by atoms with van der Waals surface area (Å²) in [5.41, 5.74) is 0. The van der Waals surface area contributed by atoms with Crippen LogP contribution in [-0.2, 0) is 11.3 Å². The number of hydrogen-bond donors (Lipinski definition) is 1. The summed E-state index contributed by atoms with van der Waals surface area (Å²) in [6, 6.07) is 5.62. The molecule has 2 heterocycles. The largest absolute Gasteiger partial charge is 0.308 e. The summed E-state index contributed by atoms with van der Waals surface area (Å²) < 4.78 is 1.35. The van der Waals surface area contributed by atoms with E-state index in [0.717, 1.165) is 17.9 Å². The van der Waals surface area contributed by atoms with Crippen molar-refractivity contribution >= 4 is 30.7 Å². The highest BCUT2D eigenvalue weighted by Crippen LogP contribution is 2.33. The van der Waals surface area contributed by atoms with Crippen LogP contribution < -0.4 is 0 Å². The maximum atomic E-state index is 11.5. The van der Waals surface area contributed by atoms with Gasteiger partial charge in [-0.15, -0.1) is 5.10 Å². The van der Waals surface area contributed by atoms with Crippen LogP contribution >= 0.6 is 24.4 Å². The molecule has 0 N–H and O–H groups in total. The number of aldehydes is 1. The number of likely N-dealkylation sites (N-methyl/N-ethyl adjacent to an activating group) is 1. The van der Waals surface area contributed by atoms with Crippen molar-refractivity contribution in [1.29, 1.82) is 0 Å². The summed E-state index contributed by atoms with van der Waals surface area (Å²) in [4.78, 5) is 17.8. The van der Waals surface area contributed by atoms with Crippen LogP contribution in [0.3, 0.4) is 0 Å². The van der Waals surface area contributed by atoms with Gasteiger partial charge in [0.2, 0.25) is 0 Å². The predicted octanol–water partition coefficient (Wildman–Crippen LogP) is 0.960. The number of carbonyl (C=O) groups is 1. The second kappa shape index (κ2) is 8.25. The molecule has 9 heteroatoms. The first-order valence-electron chi connectivity index (χ1n) is 6.73. The molecule has 0 bridgehead atoms. The molecule has 0 radical (unpaired) electrons. The first kappa shape index (κ1) is 16.9. The molecule has 2 unspecified atom stereocenters. The molecule has 118 valence electrons. The third-order valence-corrected chi connectivity index (χ3v) is 4.60. The summed E-state index contributed by atoms with van der Waals surface area (Å²) in [6.45, 7) is 1.41. The summed E-state index contributed by atoms with van der Waals surface area (Å²) in [5.74, 6) is 0.0211. The van der Waals surface area contributed by atoms with Gasteiger partial charge in [0.25, 0.3) is 0 Å². The van der Waals surface area contributed by atoms with Crippen LogP contribution in [0.4, 0.5) is 0 Å². The lowest BCUT2D eigenvalue weighted by Crippen LogP contribution is -2.23. The number of thiol groups is 1. The molecule has 0 aliphatic carbocycles. The topological polar surface area (TPSA) is 76.8 Å². The number of hydrogen-bond acceptors (Lipinski definition) is 8. The van der Waals surface area contributed by atoms with Crippen LogP contribution in [0.1, 0.15) is 11.7 Å². The van der Waals surface area contributed by atoms with Crippen LogP contribution in [-0.4, -0.2) is 61.6 Å². The van der Waals surface area contributed by atoms with E-state index in [2.05, 4.69) is 33.1 Å². The van der Waals surface area contributed by atoms with Crippen molar-refractivity contribution in [2.45, 2.75) is 22.1 Å². The Labute approximate surface area is 138 Å². The van der Waals surface area contributed by atoms with Gasteiger partial charge in [0.05, 0.1) is 22.1 Å². The molecule has 0 spiro atoms. The van der Waals surface area contributed by atoms with Crippen molar-refractivity contribution in [2.75, 3.05) is 20.6 Å². The molecular formula is C13H18N6OS2. The lowest BCUT2D eigenvalue weighted by molar-refractivity contribution is -0.109. The Morgan fingerprint density at radius 2 is 2.27 bits per heavy atom. The Morgan fingerprint density at radius 3 is 2.91 bits per heavy atom. The monoisotopic (exact) mass is 338 g/mol. The number of carbonyl (C=O) groups excluding carboxylic acids is 1. The van der Waals surface area contributed by atoms with Crippen molar-refractivity contribution in [3.05, 3.63) is 30.2 Å². The predicted molar refractivity (Wildman–Crippen MR) is 88.0 cm³/mol. The van der Waals surface area contributed by atoms with Gasteiger partial charge in [-0.05, 0) is 36.7 Å². The fourth-order valence-corrected chi connectivity index (χ4v) is 3.16. The maximum Gasteiger partial charge on any atom is 0.163 e. The molecule has 2 aromatic rings. The summed E-state index contributed by atoms with van der Waals surface area (Å²) in [7, 11) is 3.94. The van der Waals surface area contributed by atoms with Gasteiger partial charge in [0.15, 0.2) is 5.82 Å². The van der Waals surface area contributed by atoms with Crippen molar-refractivity contribution in [1.82, 2.24) is 30.1 Å². The smallest absolute Gasteiger partial charge is 0.163 e. The normalized spacial score (nSPS) is 14.0. The Hall–Kier alpha value is -1.45. The second-order valence-corrected chi connectivity index (χ2v) is 6.97. The van der Waals surface area contributed by atoms with E-state index in [1.165, 1.54) is 11.8 Å². The molecule has 2 atom stereocenters. The van der Waals surface area contributed by atoms with E-state index in [0.29, 0.717) is 12.4 Å². The highest BCUT2D eigenvalue weighted by molar-refractivity contribution is 8.10. The van der Waals surface area contributed by atoms with E-state index >= 15 is 0 Å². The van der Waals surface area contributed by atoms with Gasteiger partial charge in [-0.25, -0.2) is 9.67 Å². The number of thioether (sulfide) groups is 1. The molecule has 2 rings (SSSR count). The fourth-order valence-electron chi connectivity index (χ4n) is 1.77. The standard InChI is InChI=1S/C13H18N6OS2/c1-18(2)7-8-19-12(15-16-17-19)10(9-20)13(21)22-11-5-3-4-6-14-11/h3-6,9-10,13,21H,7-8H2,1-2H3. The molecular weight excluding hydrogens is 320 g/mol. The maximum absolute atomic E-state index is 11.5. The van der Waals surface area contributed by atoms with E-state index in [1.807, 2.05) is 37.2 Å². The van der Waals surface area contributed by atoms with E-state index < -0.39 is 5.92 Å². The minimum Gasteiger partial charge on any atom is -0.308 e. The highest BCUT2D eigenvalue weighted by atomic mass is 32.2.